The fourth-order valence-electron chi connectivity index (χ4n) is 3.47. The van der Waals surface area contributed by atoms with Crippen LogP contribution in [0, 0.1) is 0 Å². The van der Waals surface area contributed by atoms with Crippen molar-refractivity contribution in [3.8, 4) is 16.9 Å². The van der Waals surface area contributed by atoms with E-state index < -0.39 is 29.4 Å². The number of anilines is 1. The third-order valence-corrected chi connectivity index (χ3v) is 6.28. The van der Waals surface area contributed by atoms with E-state index in [0.29, 0.717) is 37.9 Å². The Kier molecular flexibility index (Phi) is 6.05. The van der Waals surface area contributed by atoms with Crippen LogP contribution in [0.4, 0.5) is 32.0 Å². The monoisotopic (exact) mass is 605 g/mol. The number of nitrogens with one attached hydrogen (secondary N) is 1. The molecule has 176 valence electrons. The molecule has 0 bridgehead atoms. The molecular formula is C23H11Br2F6NO2. The van der Waals surface area contributed by atoms with E-state index in [0.717, 1.165) is 0 Å². The normalized spacial score (nSPS) is 14.9. The maximum absolute atomic E-state index is 13.3. The summed E-state index contributed by atoms with van der Waals surface area (Å²) in [7, 11) is 0. The average molecular weight is 607 g/mol. The van der Waals surface area contributed by atoms with Gasteiger partial charge in [-0.25, -0.2) is 0 Å². The number of halogens is 8. The molecule has 3 aromatic rings. The minimum atomic E-state index is -4.98. The number of aromatic hydroxyl groups is 1. The Morgan fingerprint density at radius 3 is 1.88 bits per heavy atom. The van der Waals surface area contributed by atoms with Crippen LogP contribution in [0.5, 0.6) is 5.75 Å². The summed E-state index contributed by atoms with van der Waals surface area (Å²) >= 11 is 6.37. The molecule has 1 aliphatic heterocycles. The molecule has 0 unspecified atom stereocenters. The zero-order valence-electron chi connectivity index (χ0n) is 16.6. The van der Waals surface area contributed by atoms with Crippen molar-refractivity contribution >= 4 is 55.1 Å². The number of phenols is 1. The molecule has 1 aliphatic rings. The van der Waals surface area contributed by atoms with E-state index in [1.54, 1.807) is 12.1 Å². The van der Waals surface area contributed by atoms with E-state index in [2.05, 4.69) is 37.2 Å². The Balaban J connectivity index is 1.85. The van der Waals surface area contributed by atoms with Crippen LogP contribution in [0.2, 0.25) is 0 Å². The summed E-state index contributed by atoms with van der Waals surface area (Å²) in [6.45, 7) is 0. The predicted molar refractivity (Wildman–Crippen MR) is 122 cm³/mol. The van der Waals surface area contributed by atoms with Gasteiger partial charge in [0, 0.05) is 16.8 Å². The molecule has 1 amide bonds. The van der Waals surface area contributed by atoms with Gasteiger partial charge in [-0.3, -0.25) is 4.79 Å². The van der Waals surface area contributed by atoms with Crippen molar-refractivity contribution in [2.24, 2.45) is 0 Å². The van der Waals surface area contributed by atoms with Crippen LogP contribution in [-0.4, -0.2) is 11.0 Å². The summed E-state index contributed by atoms with van der Waals surface area (Å²) in [5.74, 6) is -0.543. The second kappa shape index (κ2) is 8.46. The second-order valence-electron chi connectivity index (χ2n) is 7.40. The van der Waals surface area contributed by atoms with Crippen LogP contribution in [0.15, 0.2) is 57.5 Å². The Hall–Kier alpha value is -2.79. The zero-order chi connectivity index (χ0) is 25.0. The number of hydrogen-bond donors (Lipinski definition) is 2. The molecule has 0 aromatic heterocycles. The number of phenolic OH excluding ortho intramolecular Hbond substituents is 1. The van der Waals surface area contributed by atoms with Crippen molar-refractivity contribution in [3.05, 3.63) is 79.7 Å². The highest BCUT2D eigenvalue weighted by molar-refractivity contribution is 9.11. The lowest BCUT2D eigenvalue weighted by Crippen LogP contribution is -2.11. The lowest BCUT2D eigenvalue weighted by Gasteiger charge is -2.15. The number of carbonyl (C=O) groups excluding carboxylic acids is 1. The smallest absolute Gasteiger partial charge is 0.416 e. The van der Waals surface area contributed by atoms with Crippen molar-refractivity contribution in [1.29, 1.82) is 0 Å². The van der Waals surface area contributed by atoms with E-state index in [1.165, 1.54) is 24.3 Å². The van der Waals surface area contributed by atoms with Crippen LogP contribution >= 0.6 is 31.9 Å². The minimum Gasteiger partial charge on any atom is -0.506 e. The van der Waals surface area contributed by atoms with Crippen LogP contribution in [0.25, 0.3) is 22.8 Å². The summed E-state index contributed by atoms with van der Waals surface area (Å²) in [5, 5.41) is 12.5. The molecule has 0 fully saturated rings. The van der Waals surface area contributed by atoms with Crippen molar-refractivity contribution in [2.45, 2.75) is 12.4 Å². The zero-order valence-corrected chi connectivity index (χ0v) is 19.7. The fourth-order valence-corrected chi connectivity index (χ4v) is 4.69. The summed E-state index contributed by atoms with van der Waals surface area (Å²) in [5.41, 5.74) is -1.73. The number of amides is 1. The quantitative estimate of drug-likeness (QED) is 0.229. The number of carbonyl (C=O) groups is 1. The van der Waals surface area contributed by atoms with Gasteiger partial charge in [0.05, 0.1) is 20.1 Å². The first-order valence-corrected chi connectivity index (χ1v) is 11.0. The van der Waals surface area contributed by atoms with Gasteiger partial charge in [0.25, 0.3) is 5.91 Å². The summed E-state index contributed by atoms with van der Waals surface area (Å²) in [4.78, 5) is 12.5. The first kappa shape index (κ1) is 24.3. The van der Waals surface area contributed by atoms with Gasteiger partial charge < -0.3 is 10.4 Å². The van der Waals surface area contributed by atoms with Crippen molar-refractivity contribution < 1.29 is 36.2 Å². The number of rotatable bonds is 2. The van der Waals surface area contributed by atoms with Crippen LogP contribution < -0.4 is 5.32 Å². The van der Waals surface area contributed by atoms with E-state index in [1.807, 2.05) is 0 Å². The Morgan fingerprint density at radius 1 is 0.794 bits per heavy atom. The van der Waals surface area contributed by atoms with Gasteiger partial charge in [0.15, 0.2) is 0 Å². The fraction of sp³-hybridized carbons (Fsp3) is 0.0870. The number of hydrogen-bond acceptors (Lipinski definition) is 2. The van der Waals surface area contributed by atoms with Crippen molar-refractivity contribution in [1.82, 2.24) is 0 Å². The molecule has 0 saturated heterocycles. The van der Waals surface area contributed by atoms with Gasteiger partial charge in [0.2, 0.25) is 0 Å². The van der Waals surface area contributed by atoms with Gasteiger partial charge in [-0.1, -0.05) is 6.07 Å². The van der Waals surface area contributed by atoms with Gasteiger partial charge >= 0.3 is 12.4 Å². The van der Waals surface area contributed by atoms with Gasteiger partial charge in [0.1, 0.15) is 5.75 Å². The molecule has 3 aromatic carbocycles. The third-order valence-electron chi connectivity index (χ3n) is 5.07. The predicted octanol–water partition coefficient (Wildman–Crippen LogP) is 8.11. The molecule has 11 heteroatoms. The summed E-state index contributed by atoms with van der Waals surface area (Å²) in [6, 6.07) is 8.55. The van der Waals surface area contributed by atoms with E-state index in [4.69, 9.17) is 0 Å². The summed E-state index contributed by atoms with van der Waals surface area (Å²) < 4.78 is 80.3. The molecule has 0 spiro atoms. The Labute approximate surface area is 205 Å². The Bertz CT molecular complexity index is 1310. The molecule has 1 heterocycles. The molecular weight excluding hydrogens is 596 g/mol. The number of fused-ring (bicyclic) bond motifs is 1. The number of alkyl halides is 6. The van der Waals surface area contributed by atoms with Gasteiger partial charge in [-0.2, -0.15) is 26.3 Å². The molecule has 0 radical (unpaired) electrons. The second-order valence-corrected chi connectivity index (χ2v) is 9.11. The summed E-state index contributed by atoms with van der Waals surface area (Å²) in [6.07, 6.45) is -8.46. The standard InChI is InChI=1S/C23H11Br2F6NO2/c24-17-4-10(5-18(25)20(17)33)3-16-15-8-11(1-2-19(15)32-21(16)34)12-6-13(22(26,27)28)9-14(7-12)23(29,30)31/h1-9,33H,(H,32,34). The lowest BCUT2D eigenvalue weighted by molar-refractivity contribution is -0.143. The maximum atomic E-state index is 13.3. The number of benzene rings is 3. The SMILES string of the molecule is O=C1Nc2ccc(-c3cc(C(F)(F)F)cc(C(F)(F)F)c3)cc2C1=Cc1cc(Br)c(O)c(Br)c1. The van der Waals surface area contributed by atoms with Crippen molar-refractivity contribution in [3.63, 3.8) is 0 Å². The van der Waals surface area contributed by atoms with E-state index in [9.17, 15) is 36.2 Å². The molecule has 0 aliphatic carbocycles. The molecule has 3 nitrogen and oxygen atoms in total. The minimum absolute atomic E-state index is 0.0503. The van der Waals surface area contributed by atoms with Crippen molar-refractivity contribution in [2.75, 3.05) is 5.32 Å². The highest BCUT2D eigenvalue weighted by atomic mass is 79.9. The van der Waals surface area contributed by atoms with Gasteiger partial charge in [-0.15, -0.1) is 0 Å². The lowest BCUT2D eigenvalue weighted by atomic mass is 9.95. The Morgan fingerprint density at radius 2 is 1.35 bits per heavy atom. The maximum Gasteiger partial charge on any atom is 0.416 e. The largest absolute Gasteiger partial charge is 0.506 e. The molecule has 4 rings (SSSR count). The first-order valence-electron chi connectivity index (χ1n) is 9.39. The molecule has 0 atom stereocenters. The van der Waals surface area contributed by atoms with Crippen LogP contribution in [-0.2, 0) is 17.1 Å². The van der Waals surface area contributed by atoms with E-state index >= 15 is 0 Å². The topological polar surface area (TPSA) is 49.3 Å². The highest BCUT2D eigenvalue weighted by Crippen LogP contribution is 2.42. The average Bonchev–Trinajstić information content (AvgIpc) is 3.04. The molecule has 34 heavy (non-hydrogen) atoms. The van der Waals surface area contributed by atoms with E-state index in [-0.39, 0.29) is 28.5 Å². The van der Waals surface area contributed by atoms with Crippen LogP contribution in [0.3, 0.4) is 0 Å². The molecule has 0 saturated carbocycles. The van der Waals surface area contributed by atoms with Gasteiger partial charge in [-0.05, 0) is 97.1 Å². The molecule has 2 N–H and O–H groups in total. The first-order chi connectivity index (χ1) is 15.7. The van der Waals surface area contributed by atoms with Crippen LogP contribution in [0.1, 0.15) is 22.3 Å². The third kappa shape index (κ3) is 4.72. The highest BCUT2D eigenvalue weighted by Gasteiger charge is 2.37.